The molecule has 3 N–H and O–H groups in total. The highest BCUT2D eigenvalue weighted by Gasteiger charge is 2.30. The Balaban J connectivity index is 5.07. The lowest BCUT2D eigenvalue weighted by molar-refractivity contribution is -0.161. The number of esters is 4. The van der Waals surface area contributed by atoms with Gasteiger partial charge in [-0.15, -0.1) is 0 Å². The van der Waals surface area contributed by atoms with Crippen LogP contribution in [0.5, 0.6) is 0 Å². The summed E-state index contributed by atoms with van der Waals surface area (Å²) in [5, 5.41) is 10.5. The second-order valence-electron chi connectivity index (χ2n) is 23.3. The predicted molar refractivity (Wildman–Crippen MR) is 326 cm³/mol. The molecule has 0 bridgehead atoms. The molecule has 486 valence electrons. The maximum Gasteiger partial charge on any atom is 0.472 e. The van der Waals surface area contributed by atoms with Gasteiger partial charge >= 0.3 is 39.5 Å². The van der Waals surface area contributed by atoms with Crippen LogP contribution in [0.1, 0.15) is 317 Å². The SMILES string of the molecule is CCCCCCCCCCCCCCCCCCCCCC(=O)O[C@H](COC(=O)CCCCCCCCCCCCC(C)C)COP(=O)(O)OC[C@@H](O)COP(=O)(O)OC[C@@H](COC(=O)CCCCCCC)OC(=O)CCCCCCC. The van der Waals surface area contributed by atoms with E-state index in [1.54, 1.807) is 0 Å². The van der Waals surface area contributed by atoms with Crippen molar-refractivity contribution in [3.8, 4) is 0 Å². The first-order valence-corrected chi connectivity index (χ1v) is 36.1. The van der Waals surface area contributed by atoms with E-state index in [1.807, 2.05) is 0 Å². The van der Waals surface area contributed by atoms with Gasteiger partial charge in [-0.25, -0.2) is 9.13 Å². The molecule has 0 amide bonds. The fraction of sp³-hybridized carbons (Fsp3) is 0.937. The number of unbranched alkanes of at least 4 members (excludes halogenated alkanes) is 35. The van der Waals surface area contributed by atoms with Crippen molar-refractivity contribution in [2.24, 2.45) is 5.92 Å². The van der Waals surface area contributed by atoms with Crippen LogP contribution in [0.25, 0.3) is 0 Å². The fourth-order valence-electron chi connectivity index (χ4n) is 9.41. The predicted octanol–water partition coefficient (Wildman–Crippen LogP) is 17.4. The van der Waals surface area contributed by atoms with E-state index in [1.165, 1.54) is 135 Å². The van der Waals surface area contributed by atoms with Gasteiger partial charge in [0.25, 0.3) is 0 Å². The van der Waals surface area contributed by atoms with Crippen LogP contribution >= 0.6 is 15.6 Å². The average Bonchev–Trinajstić information content (AvgIpc) is 3.46. The molecule has 0 spiro atoms. The number of carbonyl (C=O) groups excluding carboxylic acids is 4. The zero-order chi connectivity index (χ0) is 60.6. The number of aliphatic hydroxyl groups excluding tert-OH is 1. The summed E-state index contributed by atoms with van der Waals surface area (Å²) in [5.41, 5.74) is 0. The van der Waals surface area contributed by atoms with Crippen molar-refractivity contribution in [2.75, 3.05) is 39.6 Å². The average molecular weight is 1210 g/mol. The lowest BCUT2D eigenvalue weighted by atomic mass is 10.0. The van der Waals surface area contributed by atoms with E-state index in [4.69, 9.17) is 37.0 Å². The Hall–Kier alpha value is -1.94. The van der Waals surface area contributed by atoms with Crippen LogP contribution in [0, 0.1) is 5.92 Å². The summed E-state index contributed by atoms with van der Waals surface area (Å²) in [6.07, 6.45) is 41.2. The Kier molecular flexibility index (Phi) is 55.5. The number of phosphoric ester groups is 2. The molecule has 0 aliphatic carbocycles. The van der Waals surface area contributed by atoms with E-state index in [-0.39, 0.29) is 25.7 Å². The molecule has 17 nitrogen and oxygen atoms in total. The molecule has 0 aliphatic rings. The zero-order valence-corrected chi connectivity index (χ0v) is 54.4. The standard InChI is InChI=1S/C63H122O17P2/c1-6-9-12-15-16-17-18-19-20-21-22-23-24-25-26-31-34-39-44-49-63(68)80-59(53-74-61(66)47-42-38-33-30-28-27-29-32-37-40-45-56(4)5)55-78-82(71,72)76-51-57(64)50-75-81(69,70)77-54-58(79-62(67)48-43-36-14-11-8-3)52-73-60(65)46-41-35-13-10-7-2/h56-59,64H,6-55H2,1-5H3,(H,69,70)(H,71,72)/t57-,58+,59+/m0/s1. The smallest absolute Gasteiger partial charge is 0.462 e. The van der Waals surface area contributed by atoms with Crippen molar-refractivity contribution in [3.05, 3.63) is 0 Å². The van der Waals surface area contributed by atoms with Crippen molar-refractivity contribution >= 4 is 39.5 Å². The van der Waals surface area contributed by atoms with Gasteiger partial charge in [0, 0.05) is 25.7 Å². The van der Waals surface area contributed by atoms with Gasteiger partial charge in [0.1, 0.15) is 19.3 Å². The maximum atomic E-state index is 13.0. The van der Waals surface area contributed by atoms with E-state index in [2.05, 4.69) is 34.6 Å². The number of aliphatic hydroxyl groups is 1. The molecule has 5 atom stereocenters. The van der Waals surface area contributed by atoms with Crippen molar-refractivity contribution in [1.82, 2.24) is 0 Å². The normalized spacial score (nSPS) is 14.3. The van der Waals surface area contributed by atoms with Crippen LogP contribution in [0.4, 0.5) is 0 Å². The monoisotopic (exact) mass is 1210 g/mol. The molecule has 0 radical (unpaired) electrons. The minimum Gasteiger partial charge on any atom is -0.462 e. The molecular weight excluding hydrogens is 1090 g/mol. The summed E-state index contributed by atoms with van der Waals surface area (Å²) in [6, 6.07) is 0. The molecular formula is C63H122O17P2. The molecule has 0 saturated heterocycles. The van der Waals surface area contributed by atoms with Crippen LogP contribution in [-0.4, -0.2) is 96.7 Å². The minimum atomic E-state index is -4.94. The molecule has 0 aliphatic heterocycles. The molecule has 19 heteroatoms. The number of hydrogen-bond donors (Lipinski definition) is 3. The highest BCUT2D eigenvalue weighted by molar-refractivity contribution is 7.47. The summed E-state index contributed by atoms with van der Waals surface area (Å²) < 4.78 is 67.5. The number of phosphoric acid groups is 2. The van der Waals surface area contributed by atoms with Gasteiger partial charge in [0.05, 0.1) is 26.4 Å². The summed E-state index contributed by atoms with van der Waals surface area (Å²) >= 11 is 0. The van der Waals surface area contributed by atoms with Gasteiger partial charge in [-0.1, -0.05) is 266 Å². The Morgan fingerprint density at radius 1 is 0.329 bits per heavy atom. The van der Waals surface area contributed by atoms with E-state index in [0.717, 1.165) is 102 Å². The summed E-state index contributed by atoms with van der Waals surface area (Å²) in [6.45, 7) is 7.00. The Morgan fingerprint density at radius 2 is 0.561 bits per heavy atom. The van der Waals surface area contributed by atoms with Crippen LogP contribution in [0.3, 0.4) is 0 Å². The summed E-state index contributed by atoms with van der Waals surface area (Å²) in [5.74, 6) is -1.40. The number of ether oxygens (including phenoxy) is 4. The van der Waals surface area contributed by atoms with Gasteiger partial charge in [-0.05, 0) is 31.6 Å². The second-order valence-corrected chi connectivity index (χ2v) is 26.2. The van der Waals surface area contributed by atoms with Gasteiger partial charge in [0.2, 0.25) is 0 Å². The van der Waals surface area contributed by atoms with Crippen molar-refractivity contribution < 1.29 is 80.2 Å². The van der Waals surface area contributed by atoms with Gasteiger partial charge in [-0.2, -0.15) is 0 Å². The van der Waals surface area contributed by atoms with Crippen LogP contribution in [0.15, 0.2) is 0 Å². The quantitative estimate of drug-likeness (QED) is 0.0222. The topological polar surface area (TPSA) is 237 Å². The third kappa shape index (κ3) is 57.2. The van der Waals surface area contributed by atoms with Gasteiger partial charge in [0.15, 0.2) is 12.2 Å². The molecule has 2 unspecified atom stereocenters. The first-order valence-electron chi connectivity index (χ1n) is 33.1. The van der Waals surface area contributed by atoms with Crippen LogP contribution in [0.2, 0.25) is 0 Å². The minimum absolute atomic E-state index is 0.0989. The highest BCUT2D eigenvalue weighted by Crippen LogP contribution is 2.45. The molecule has 0 rings (SSSR count). The first-order chi connectivity index (χ1) is 39.5. The maximum absolute atomic E-state index is 13.0. The lowest BCUT2D eigenvalue weighted by Gasteiger charge is -2.21. The number of hydrogen-bond acceptors (Lipinski definition) is 15. The second kappa shape index (κ2) is 56.8. The molecule has 0 heterocycles. The van der Waals surface area contributed by atoms with E-state index in [0.29, 0.717) is 25.7 Å². The van der Waals surface area contributed by atoms with Gasteiger partial charge in [-0.3, -0.25) is 37.3 Å². The molecule has 0 aromatic heterocycles. The van der Waals surface area contributed by atoms with Crippen LogP contribution in [-0.2, 0) is 65.4 Å². The van der Waals surface area contributed by atoms with E-state index in [9.17, 15) is 43.2 Å². The molecule has 0 aromatic rings. The summed E-state index contributed by atoms with van der Waals surface area (Å²) in [4.78, 5) is 71.6. The largest absolute Gasteiger partial charge is 0.472 e. The molecule has 0 fully saturated rings. The van der Waals surface area contributed by atoms with Crippen molar-refractivity contribution in [1.29, 1.82) is 0 Å². The molecule has 0 saturated carbocycles. The fourth-order valence-corrected chi connectivity index (χ4v) is 11.0. The Morgan fingerprint density at radius 3 is 0.829 bits per heavy atom. The first kappa shape index (κ1) is 80.1. The molecule has 82 heavy (non-hydrogen) atoms. The Labute approximate surface area is 498 Å². The van der Waals surface area contributed by atoms with Crippen LogP contribution < -0.4 is 0 Å². The van der Waals surface area contributed by atoms with E-state index < -0.39 is 97.5 Å². The third-order valence-corrected chi connectivity index (χ3v) is 16.4. The molecule has 0 aromatic carbocycles. The van der Waals surface area contributed by atoms with E-state index >= 15 is 0 Å². The van der Waals surface area contributed by atoms with Gasteiger partial charge < -0.3 is 33.8 Å². The number of rotatable bonds is 63. The summed E-state index contributed by atoms with van der Waals surface area (Å²) in [7, 11) is -9.86. The highest BCUT2D eigenvalue weighted by atomic mass is 31.2. The number of carbonyl (C=O) groups is 4. The zero-order valence-electron chi connectivity index (χ0n) is 52.6. The lowest BCUT2D eigenvalue weighted by Crippen LogP contribution is -2.30. The third-order valence-electron chi connectivity index (χ3n) is 14.5. The Bertz CT molecular complexity index is 1600. The van der Waals surface area contributed by atoms with Crippen molar-refractivity contribution in [2.45, 2.75) is 335 Å². The van der Waals surface area contributed by atoms with Crippen molar-refractivity contribution in [3.63, 3.8) is 0 Å².